The highest BCUT2D eigenvalue weighted by molar-refractivity contribution is 6.00. The second-order valence-corrected chi connectivity index (χ2v) is 7.68. The maximum absolute atomic E-state index is 13.1. The first kappa shape index (κ1) is 18.2. The number of hydrogen-bond donors (Lipinski definition) is 0. The number of aromatic nitrogens is 1. The SMILES string of the molecule is CN(C)c1cc2c(c(N(C)C)c1)C(c1ccccc1)(c1ccn(C)c1)OC2=O. The Morgan fingerprint density at radius 2 is 1.64 bits per heavy atom. The van der Waals surface area contributed by atoms with Crippen LogP contribution < -0.4 is 9.80 Å². The normalized spacial score (nSPS) is 18.0. The lowest BCUT2D eigenvalue weighted by atomic mass is 9.79. The van der Waals surface area contributed by atoms with E-state index in [2.05, 4.69) is 11.0 Å². The lowest BCUT2D eigenvalue weighted by molar-refractivity contribution is 0.0252. The second-order valence-electron chi connectivity index (χ2n) is 7.68. The zero-order valence-electron chi connectivity index (χ0n) is 16.9. The minimum Gasteiger partial charge on any atom is -0.440 e. The Morgan fingerprint density at radius 3 is 2.21 bits per heavy atom. The van der Waals surface area contributed by atoms with E-state index in [-0.39, 0.29) is 5.97 Å². The number of rotatable bonds is 4. The van der Waals surface area contributed by atoms with Gasteiger partial charge in [0, 0.05) is 75.7 Å². The Kier molecular flexibility index (Phi) is 4.18. The molecule has 1 unspecified atom stereocenters. The highest BCUT2D eigenvalue weighted by Crippen LogP contribution is 2.51. The number of esters is 1. The summed E-state index contributed by atoms with van der Waals surface area (Å²) >= 11 is 0. The summed E-state index contributed by atoms with van der Waals surface area (Å²) < 4.78 is 8.21. The summed E-state index contributed by atoms with van der Waals surface area (Å²) in [5.74, 6) is -0.297. The fourth-order valence-electron chi connectivity index (χ4n) is 3.96. The van der Waals surface area contributed by atoms with Crippen molar-refractivity contribution < 1.29 is 9.53 Å². The van der Waals surface area contributed by atoms with E-state index in [9.17, 15) is 4.79 Å². The average molecular weight is 375 g/mol. The number of hydrogen-bond acceptors (Lipinski definition) is 4. The van der Waals surface area contributed by atoms with Gasteiger partial charge in [-0.3, -0.25) is 0 Å². The van der Waals surface area contributed by atoms with Crippen LogP contribution in [0, 0.1) is 0 Å². The molecule has 5 nitrogen and oxygen atoms in total. The highest BCUT2D eigenvalue weighted by atomic mass is 16.6. The van der Waals surface area contributed by atoms with Crippen molar-refractivity contribution in [2.75, 3.05) is 38.0 Å². The predicted octanol–water partition coefficient (Wildman–Crippen LogP) is 3.62. The van der Waals surface area contributed by atoms with Gasteiger partial charge in [-0.15, -0.1) is 0 Å². The van der Waals surface area contributed by atoms with E-state index in [1.807, 2.05) is 99.6 Å². The number of fused-ring (bicyclic) bond motifs is 1. The van der Waals surface area contributed by atoms with Crippen LogP contribution in [0.1, 0.15) is 27.0 Å². The van der Waals surface area contributed by atoms with Crippen LogP contribution in [-0.2, 0) is 17.4 Å². The molecular weight excluding hydrogens is 350 g/mol. The summed E-state index contributed by atoms with van der Waals surface area (Å²) in [5, 5.41) is 0. The van der Waals surface area contributed by atoms with Gasteiger partial charge in [-0.25, -0.2) is 4.79 Å². The quantitative estimate of drug-likeness (QED) is 0.653. The number of cyclic esters (lactones) is 1. The first-order valence-corrected chi connectivity index (χ1v) is 9.29. The van der Waals surface area contributed by atoms with Gasteiger partial charge in [-0.1, -0.05) is 30.3 Å². The highest BCUT2D eigenvalue weighted by Gasteiger charge is 2.51. The molecule has 0 saturated heterocycles. The summed E-state index contributed by atoms with van der Waals surface area (Å²) in [7, 11) is 9.92. The van der Waals surface area contributed by atoms with Gasteiger partial charge < -0.3 is 19.1 Å². The monoisotopic (exact) mass is 375 g/mol. The third-order valence-electron chi connectivity index (χ3n) is 5.34. The van der Waals surface area contributed by atoms with Crippen molar-refractivity contribution in [2.45, 2.75) is 5.60 Å². The Hall–Kier alpha value is -3.21. The van der Waals surface area contributed by atoms with Gasteiger partial charge in [0.05, 0.1) is 5.56 Å². The van der Waals surface area contributed by atoms with Crippen molar-refractivity contribution in [1.82, 2.24) is 4.57 Å². The number of nitrogens with zero attached hydrogens (tertiary/aromatic N) is 3. The van der Waals surface area contributed by atoms with E-state index in [1.165, 1.54) is 0 Å². The zero-order valence-corrected chi connectivity index (χ0v) is 16.9. The topological polar surface area (TPSA) is 37.7 Å². The summed E-state index contributed by atoms with van der Waals surface area (Å²) in [5.41, 5.74) is 4.35. The molecule has 3 aromatic rings. The summed E-state index contributed by atoms with van der Waals surface area (Å²) in [4.78, 5) is 17.2. The van der Waals surface area contributed by atoms with Crippen LogP contribution in [0.2, 0.25) is 0 Å². The fourth-order valence-corrected chi connectivity index (χ4v) is 3.96. The predicted molar refractivity (Wildman–Crippen MR) is 112 cm³/mol. The second kappa shape index (κ2) is 6.44. The summed E-state index contributed by atoms with van der Waals surface area (Å²) in [6, 6.07) is 16.0. The van der Waals surface area contributed by atoms with Crippen molar-refractivity contribution in [3.63, 3.8) is 0 Å². The number of ether oxygens (including phenoxy) is 1. The average Bonchev–Trinajstić information content (AvgIpc) is 3.24. The van der Waals surface area contributed by atoms with Gasteiger partial charge in [0.2, 0.25) is 0 Å². The molecule has 1 atom stereocenters. The number of aryl methyl sites for hydroxylation is 1. The summed E-state index contributed by atoms with van der Waals surface area (Å²) in [6.45, 7) is 0. The summed E-state index contributed by atoms with van der Waals surface area (Å²) in [6.07, 6.45) is 4.00. The van der Waals surface area contributed by atoms with E-state index >= 15 is 0 Å². The molecule has 4 rings (SSSR count). The molecule has 0 saturated carbocycles. The van der Waals surface area contributed by atoms with Crippen molar-refractivity contribution in [1.29, 1.82) is 0 Å². The lowest BCUT2D eigenvalue weighted by Gasteiger charge is -2.32. The van der Waals surface area contributed by atoms with Crippen LogP contribution in [0.5, 0.6) is 0 Å². The van der Waals surface area contributed by atoms with Crippen molar-refractivity contribution in [3.8, 4) is 0 Å². The van der Waals surface area contributed by atoms with Gasteiger partial charge in [-0.05, 0) is 18.2 Å². The first-order valence-electron chi connectivity index (χ1n) is 9.29. The maximum atomic E-state index is 13.1. The zero-order chi connectivity index (χ0) is 20.1. The number of benzene rings is 2. The van der Waals surface area contributed by atoms with Crippen molar-refractivity contribution >= 4 is 17.3 Å². The van der Waals surface area contributed by atoms with Crippen LogP contribution >= 0.6 is 0 Å². The third-order valence-corrected chi connectivity index (χ3v) is 5.34. The molecule has 0 amide bonds. The van der Waals surface area contributed by atoms with Gasteiger partial charge in [-0.2, -0.15) is 0 Å². The molecule has 144 valence electrons. The van der Waals surface area contributed by atoms with E-state index in [4.69, 9.17) is 4.74 Å². The molecule has 0 fully saturated rings. The van der Waals surface area contributed by atoms with E-state index in [0.717, 1.165) is 28.1 Å². The van der Waals surface area contributed by atoms with E-state index < -0.39 is 5.60 Å². The molecule has 1 aliphatic heterocycles. The van der Waals surface area contributed by atoms with Gasteiger partial charge in [0.1, 0.15) is 0 Å². The molecule has 0 aliphatic carbocycles. The van der Waals surface area contributed by atoms with E-state index in [1.54, 1.807) is 0 Å². The molecule has 0 bridgehead atoms. The fraction of sp³-hybridized carbons (Fsp3) is 0.261. The van der Waals surface area contributed by atoms with Gasteiger partial charge in [0.25, 0.3) is 0 Å². The van der Waals surface area contributed by atoms with Crippen LogP contribution in [0.4, 0.5) is 11.4 Å². The largest absolute Gasteiger partial charge is 0.440 e. The van der Waals surface area contributed by atoms with Gasteiger partial charge in [0.15, 0.2) is 5.60 Å². The maximum Gasteiger partial charge on any atom is 0.340 e. The van der Waals surface area contributed by atoms with Gasteiger partial charge >= 0.3 is 5.97 Å². The molecule has 5 heteroatoms. The number of anilines is 2. The number of carbonyl (C=O) groups excluding carboxylic acids is 1. The first-order chi connectivity index (χ1) is 13.3. The molecular formula is C23H25N3O2. The Morgan fingerprint density at radius 1 is 0.929 bits per heavy atom. The van der Waals surface area contributed by atoms with Crippen LogP contribution in [0.3, 0.4) is 0 Å². The minimum atomic E-state index is -0.973. The molecule has 0 spiro atoms. The molecule has 1 aliphatic rings. The standard InChI is InChI=1S/C23H25N3O2/c1-24(2)18-13-19-21(20(14-18)25(3)4)23(28-22(19)27,16-9-7-6-8-10-16)17-11-12-26(5)15-17/h6-15H,1-5H3. The Labute approximate surface area is 165 Å². The van der Waals surface area contributed by atoms with Crippen LogP contribution in [0.15, 0.2) is 60.9 Å². The third kappa shape index (κ3) is 2.58. The van der Waals surface area contributed by atoms with Crippen molar-refractivity contribution in [2.24, 2.45) is 7.05 Å². The van der Waals surface area contributed by atoms with Crippen LogP contribution in [-0.4, -0.2) is 38.7 Å². The molecule has 1 aromatic heterocycles. The van der Waals surface area contributed by atoms with Crippen LogP contribution in [0.25, 0.3) is 0 Å². The Bertz CT molecular complexity index is 1040. The molecule has 2 heterocycles. The van der Waals surface area contributed by atoms with Crippen molar-refractivity contribution in [3.05, 3.63) is 83.2 Å². The van der Waals surface area contributed by atoms with E-state index in [0.29, 0.717) is 5.56 Å². The number of carbonyl (C=O) groups is 1. The Balaban J connectivity index is 2.11. The lowest BCUT2D eigenvalue weighted by Crippen LogP contribution is -2.31. The molecule has 0 radical (unpaired) electrons. The minimum absolute atomic E-state index is 0.297. The molecule has 0 N–H and O–H groups in total. The molecule has 28 heavy (non-hydrogen) atoms. The smallest absolute Gasteiger partial charge is 0.340 e. The molecule has 2 aromatic carbocycles.